The summed E-state index contributed by atoms with van der Waals surface area (Å²) in [6, 6.07) is 6.64. The minimum atomic E-state index is -0.457. The summed E-state index contributed by atoms with van der Waals surface area (Å²) in [6.45, 7) is 1.75. The van der Waals surface area contributed by atoms with E-state index in [1.807, 2.05) is 0 Å². The molecule has 0 saturated heterocycles. The molecule has 1 aromatic heterocycles. The first-order chi connectivity index (χ1) is 12.1. The second kappa shape index (κ2) is 7.74. The van der Waals surface area contributed by atoms with Crippen molar-refractivity contribution in [1.82, 2.24) is 14.8 Å². The Kier molecular flexibility index (Phi) is 5.23. The number of hydrogen-bond acceptors (Lipinski definition) is 4. The van der Waals surface area contributed by atoms with Gasteiger partial charge in [-0.05, 0) is 50.5 Å². The fourth-order valence-corrected chi connectivity index (χ4v) is 2.70. The van der Waals surface area contributed by atoms with Crippen LogP contribution in [0.2, 0.25) is 0 Å². The lowest BCUT2D eigenvalue weighted by molar-refractivity contribution is -0.120. The third-order valence-electron chi connectivity index (χ3n) is 4.27. The molecule has 0 saturated carbocycles. The highest BCUT2D eigenvalue weighted by Crippen LogP contribution is 2.21. The van der Waals surface area contributed by atoms with Gasteiger partial charge in [0.1, 0.15) is 18.7 Å². The predicted octanol–water partition coefficient (Wildman–Crippen LogP) is 2.77. The van der Waals surface area contributed by atoms with Gasteiger partial charge in [0.25, 0.3) is 0 Å². The molecule has 2 aromatic rings. The summed E-state index contributed by atoms with van der Waals surface area (Å²) in [6.07, 6.45) is 9.70. The van der Waals surface area contributed by atoms with Crippen molar-refractivity contribution < 1.29 is 9.59 Å². The van der Waals surface area contributed by atoms with Gasteiger partial charge in [-0.25, -0.2) is 9.67 Å². The SMILES string of the molecule is CC(C(=O)Nc1ccc(NC(=O)C2CC=CCC2)cc1)n1cncn1. The zero-order valence-electron chi connectivity index (χ0n) is 14.1. The van der Waals surface area contributed by atoms with Crippen molar-refractivity contribution in [2.75, 3.05) is 10.6 Å². The van der Waals surface area contributed by atoms with Crippen molar-refractivity contribution in [3.63, 3.8) is 0 Å². The number of allylic oxidation sites excluding steroid dienone is 2. The van der Waals surface area contributed by atoms with Crippen molar-refractivity contribution in [1.29, 1.82) is 0 Å². The van der Waals surface area contributed by atoms with Crippen LogP contribution in [0.1, 0.15) is 32.2 Å². The lowest BCUT2D eigenvalue weighted by Crippen LogP contribution is -2.24. The Labute approximate surface area is 146 Å². The van der Waals surface area contributed by atoms with Gasteiger partial charge in [-0.15, -0.1) is 0 Å². The molecule has 0 bridgehead atoms. The summed E-state index contributed by atoms with van der Waals surface area (Å²) in [5, 5.41) is 9.72. The summed E-state index contributed by atoms with van der Waals surface area (Å²) in [4.78, 5) is 28.3. The first-order valence-corrected chi connectivity index (χ1v) is 8.34. The Morgan fingerprint density at radius 3 is 2.48 bits per heavy atom. The molecule has 2 atom stereocenters. The van der Waals surface area contributed by atoms with Gasteiger partial charge in [-0.3, -0.25) is 9.59 Å². The van der Waals surface area contributed by atoms with Crippen LogP contribution < -0.4 is 10.6 Å². The lowest BCUT2D eigenvalue weighted by atomic mass is 9.93. The number of benzene rings is 1. The highest BCUT2D eigenvalue weighted by atomic mass is 16.2. The molecule has 2 N–H and O–H groups in total. The smallest absolute Gasteiger partial charge is 0.249 e. The first kappa shape index (κ1) is 16.9. The fourth-order valence-electron chi connectivity index (χ4n) is 2.70. The van der Waals surface area contributed by atoms with Gasteiger partial charge in [0.2, 0.25) is 11.8 Å². The Morgan fingerprint density at radius 1 is 1.16 bits per heavy atom. The molecule has 7 nitrogen and oxygen atoms in total. The van der Waals surface area contributed by atoms with E-state index in [1.54, 1.807) is 31.2 Å². The van der Waals surface area contributed by atoms with Crippen LogP contribution in [0.4, 0.5) is 11.4 Å². The summed E-state index contributed by atoms with van der Waals surface area (Å²) in [5.74, 6) is -0.106. The highest BCUT2D eigenvalue weighted by molar-refractivity contribution is 5.95. The zero-order chi connectivity index (χ0) is 17.6. The number of aromatic nitrogens is 3. The van der Waals surface area contributed by atoms with E-state index in [9.17, 15) is 9.59 Å². The maximum Gasteiger partial charge on any atom is 0.249 e. The fraction of sp³-hybridized carbons (Fsp3) is 0.333. The molecule has 25 heavy (non-hydrogen) atoms. The van der Waals surface area contributed by atoms with E-state index in [1.165, 1.54) is 17.3 Å². The monoisotopic (exact) mass is 339 g/mol. The van der Waals surface area contributed by atoms with Crippen LogP contribution in [0.25, 0.3) is 0 Å². The standard InChI is InChI=1S/C18H21N5O2/c1-13(23-12-19-11-20-23)17(24)21-15-7-9-16(10-8-15)22-18(25)14-5-3-2-4-6-14/h2-3,7-14H,4-6H2,1H3,(H,21,24)(H,22,25). The average molecular weight is 339 g/mol. The van der Waals surface area contributed by atoms with Crippen LogP contribution in [0.15, 0.2) is 49.1 Å². The quantitative estimate of drug-likeness (QED) is 0.820. The van der Waals surface area contributed by atoms with E-state index in [4.69, 9.17) is 0 Å². The molecule has 0 aliphatic heterocycles. The summed E-state index contributed by atoms with van der Waals surface area (Å²) >= 11 is 0. The Hall–Kier alpha value is -2.96. The van der Waals surface area contributed by atoms with E-state index in [2.05, 4.69) is 32.9 Å². The van der Waals surface area contributed by atoms with Crippen molar-refractivity contribution in [3.8, 4) is 0 Å². The summed E-state index contributed by atoms with van der Waals surface area (Å²) in [5.41, 5.74) is 1.39. The summed E-state index contributed by atoms with van der Waals surface area (Å²) in [7, 11) is 0. The number of carbonyl (C=O) groups is 2. The summed E-state index contributed by atoms with van der Waals surface area (Å²) < 4.78 is 1.49. The second-order valence-electron chi connectivity index (χ2n) is 6.09. The first-order valence-electron chi connectivity index (χ1n) is 8.34. The largest absolute Gasteiger partial charge is 0.326 e. The number of rotatable bonds is 5. The Bertz CT molecular complexity index is 752. The number of carbonyl (C=O) groups excluding carboxylic acids is 2. The van der Waals surface area contributed by atoms with Gasteiger partial charge in [-0.1, -0.05) is 12.2 Å². The zero-order valence-corrected chi connectivity index (χ0v) is 14.1. The molecule has 3 rings (SSSR count). The van der Waals surface area contributed by atoms with Crippen LogP contribution in [-0.4, -0.2) is 26.6 Å². The molecule has 7 heteroatoms. The molecular formula is C18H21N5O2. The maximum absolute atomic E-state index is 12.2. The normalized spacial score (nSPS) is 17.7. The van der Waals surface area contributed by atoms with Crippen LogP contribution >= 0.6 is 0 Å². The van der Waals surface area contributed by atoms with Crippen LogP contribution in [0.3, 0.4) is 0 Å². The van der Waals surface area contributed by atoms with E-state index in [0.29, 0.717) is 5.69 Å². The molecule has 1 aliphatic rings. The molecule has 2 unspecified atom stereocenters. The van der Waals surface area contributed by atoms with E-state index in [0.717, 1.165) is 24.9 Å². The van der Waals surface area contributed by atoms with E-state index >= 15 is 0 Å². The highest BCUT2D eigenvalue weighted by Gasteiger charge is 2.19. The van der Waals surface area contributed by atoms with Crippen molar-refractivity contribution in [2.24, 2.45) is 5.92 Å². The predicted molar refractivity (Wildman–Crippen MR) is 94.9 cm³/mol. The Morgan fingerprint density at radius 2 is 1.88 bits per heavy atom. The topological polar surface area (TPSA) is 88.9 Å². The minimum absolute atomic E-state index is 0.0351. The maximum atomic E-state index is 12.2. The van der Waals surface area contributed by atoms with Gasteiger partial charge in [0.05, 0.1) is 0 Å². The lowest BCUT2D eigenvalue weighted by Gasteiger charge is -2.17. The van der Waals surface area contributed by atoms with Crippen LogP contribution in [0.5, 0.6) is 0 Å². The molecule has 1 aromatic carbocycles. The molecule has 0 fully saturated rings. The molecule has 1 heterocycles. The number of anilines is 2. The second-order valence-corrected chi connectivity index (χ2v) is 6.09. The van der Waals surface area contributed by atoms with Crippen molar-refractivity contribution >= 4 is 23.2 Å². The van der Waals surface area contributed by atoms with Gasteiger partial charge in [0.15, 0.2) is 0 Å². The number of amides is 2. The third-order valence-corrected chi connectivity index (χ3v) is 4.27. The average Bonchev–Trinajstić information content (AvgIpc) is 3.18. The van der Waals surface area contributed by atoms with Gasteiger partial charge < -0.3 is 10.6 Å². The molecule has 1 aliphatic carbocycles. The minimum Gasteiger partial charge on any atom is -0.326 e. The van der Waals surface area contributed by atoms with E-state index in [-0.39, 0.29) is 17.7 Å². The number of nitrogens with one attached hydrogen (secondary N) is 2. The van der Waals surface area contributed by atoms with Gasteiger partial charge in [-0.2, -0.15) is 5.10 Å². The number of nitrogens with zero attached hydrogens (tertiary/aromatic N) is 3. The number of hydrogen-bond donors (Lipinski definition) is 2. The van der Waals surface area contributed by atoms with Crippen molar-refractivity contribution in [3.05, 3.63) is 49.1 Å². The Balaban J connectivity index is 1.55. The van der Waals surface area contributed by atoms with Crippen LogP contribution in [0, 0.1) is 5.92 Å². The molecule has 0 radical (unpaired) electrons. The van der Waals surface area contributed by atoms with Crippen molar-refractivity contribution in [2.45, 2.75) is 32.2 Å². The molecule has 2 amide bonds. The molecular weight excluding hydrogens is 318 g/mol. The molecule has 0 spiro atoms. The van der Waals surface area contributed by atoms with E-state index < -0.39 is 6.04 Å². The molecule has 130 valence electrons. The van der Waals surface area contributed by atoms with Gasteiger partial charge >= 0.3 is 0 Å². The van der Waals surface area contributed by atoms with Gasteiger partial charge in [0, 0.05) is 17.3 Å². The third kappa shape index (κ3) is 4.32. The van der Waals surface area contributed by atoms with Crippen LogP contribution in [-0.2, 0) is 9.59 Å².